The quantitative estimate of drug-likeness (QED) is 0.228. The molecule has 1 heterocycles. The lowest BCUT2D eigenvalue weighted by Crippen LogP contribution is -2.57. The van der Waals surface area contributed by atoms with Crippen LogP contribution in [0.3, 0.4) is 0 Å². The van der Waals surface area contributed by atoms with Crippen molar-refractivity contribution >= 4 is 5.97 Å². The Hall–Kier alpha value is -1.03. The molecule has 0 bridgehead atoms. The first-order valence-corrected chi connectivity index (χ1v) is 16.6. The average molecular weight is 593 g/mol. The van der Waals surface area contributed by atoms with Crippen molar-refractivity contribution in [3.8, 4) is 0 Å². The summed E-state index contributed by atoms with van der Waals surface area (Å²) in [5.74, 6) is 2.57. The average Bonchev–Trinajstić information content (AvgIpc) is 3.28. The van der Waals surface area contributed by atoms with Gasteiger partial charge >= 0.3 is 5.97 Å². The molecule has 12 atom stereocenters. The van der Waals surface area contributed by atoms with Crippen molar-refractivity contribution in [1.29, 1.82) is 0 Å². The van der Waals surface area contributed by atoms with Gasteiger partial charge in [-0.25, -0.2) is 0 Å². The highest BCUT2D eigenvalue weighted by Gasteiger charge is 2.60. The Morgan fingerprint density at radius 3 is 2.62 bits per heavy atom. The molecule has 4 fully saturated rings. The molecule has 8 nitrogen and oxygen atoms in total. The molecule has 240 valence electrons. The van der Waals surface area contributed by atoms with Crippen molar-refractivity contribution in [2.45, 2.75) is 142 Å². The van der Waals surface area contributed by atoms with E-state index in [-0.39, 0.29) is 24.7 Å². The fourth-order valence-electron chi connectivity index (χ4n) is 10.3. The van der Waals surface area contributed by atoms with Crippen molar-refractivity contribution in [3.63, 3.8) is 0 Å². The van der Waals surface area contributed by atoms with Crippen LogP contribution in [0.4, 0.5) is 0 Å². The van der Waals surface area contributed by atoms with E-state index in [4.69, 9.17) is 14.2 Å². The van der Waals surface area contributed by atoms with E-state index in [1.807, 2.05) is 13.8 Å². The molecule has 4 N–H and O–H groups in total. The first kappa shape index (κ1) is 32.4. The van der Waals surface area contributed by atoms with Gasteiger partial charge in [-0.1, -0.05) is 38.3 Å². The normalized spacial score (nSPS) is 44.4. The number of allylic oxidation sites excluding steroid dienone is 1. The van der Waals surface area contributed by atoms with E-state index in [0.29, 0.717) is 35.5 Å². The molecule has 3 saturated carbocycles. The number of esters is 1. The first-order valence-electron chi connectivity index (χ1n) is 16.6. The molecular formula is C34H56O8. The predicted molar refractivity (Wildman–Crippen MR) is 158 cm³/mol. The van der Waals surface area contributed by atoms with Crippen molar-refractivity contribution in [3.05, 3.63) is 11.6 Å². The SMILES string of the molecule is CC(=O)OC1C(O)COC(OC2CCC3(CO)C(=CCC4C3CCC3(C)C(C(C)CCCC(C)(C)O)CCC43)C2)C1O. The van der Waals surface area contributed by atoms with Crippen LogP contribution in [0.15, 0.2) is 11.6 Å². The standard InChI is InChI=1S/C34H56O8/c1-20(7-6-14-32(3,4)39)25-10-11-26-24-9-8-22-17-23(12-16-34(22,19-35)27(24)13-15-33(25,26)5)42-31-29(38)30(41-21(2)36)28(37)18-40-31/h8,20,23-31,35,37-39H,6-7,9-19H2,1-5H3. The number of carbonyl (C=O) groups is 1. The topological polar surface area (TPSA) is 126 Å². The van der Waals surface area contributed by atoms with Crippen molar-refractivity contribution in [2.24, 2.45) is 40.4 Å². The van der Waals surface area contributed by atoms with Gasteiger partial charge in [0.25, 0.3) is 0 Å². The molecular weight excluding hydrogens is 536 g/mol. The molecule has 1 aliphatic heterocycles. The monoisotopic (exact) mass is 592 g/mol. The largest absolute Gasteiger partial charge is 0.457 e. The fourth-order valence-corrected chi connectivity index (χ4v) is 10.3. The number of aliphatic hydroxyl groups excluding tert-OH is 3. The van der Waals surface area contributed by atoms with Crippen LogP contribution in [0.2, 0.25) is 0 Å². The third-order valence-electron chi connectivity index (χ3n) is 12.3. The lowest BCUT2D eigenvalue weighted by molar-refractivity contribution is -0.287. The van der Waals surface area contributed by atoms with E-state index in [0.717, 1.165) is 44.4 Å². The van der Waals surface area contributed by atoms with Gasteiger partial charge in [-0.3, -0.25) is 4.79 Å². The van der Waals surface area contributed by atoms with Gasteiger partial charge < -0.3 is 34.6 Å². The van der Waals surface area contributed by atoms with E-state index >= 15 is 0 Å². The van der Waals surface area contributed by atoms with Gasteiger partial charge in [-0.2, -0.15) is 0 Å². The molecule has 5 aliphatic rings. The van der Waals surface area contributed by atoms with Crippen LogP contribution in [0.5, 0.6) is 0 Å². The summed E-state index contributed by atoms with van der Waals surface area (Å²) < 4.78 is 17.0. The zero-order valence-corrected chi connectivity index (χ0v) is 26.5. The van der Waals surface area contributed by atoms with E-state index in [1.54, 1.807) is 0 Å². The van der Waals surface area contributed by atoms with E-state index in [2.05, 4.69) is 19.9 Å². The second-order valence-electron chi connectivity index (χ2n) is 15.4. The summed E-state index contributed by atoms with van der Waals surface area (Å²) in [5.41, 5.74) is 0.841. The van der Waals surface area contributed by atoms with Gasteiger partial charge in [0.15, 0.2) is 12.4 Å². The minimum atomic E-state index is -1.27. The van der Waals surface area contributed by atoms with Crippen LogP contribution in [0.25, 0.3) is 0 Å². The fraction of sp³-hybridized carbons (Fsp3) is 0.912. The number of hydrogen-bond donors (Lipinski definition) is 4. The summed E-state index contributed by atoms with van der Waals surface area (Å²) in [6, 6.07) is 0. The number of ether oxygens (including phenoxy) is 3. The molecule has 0 spiro atoms. The number of rotatable bonds is 9. The van der Waals surface area contributed by atoms with Crippen LogP contribution < -0.4 is 0 Å². The van der Waals surface area contributed by atoms with E-state index in [1.165, 1.54) is 38.2 Å². The van der Waals surface area contributed by atoms with Crippen LogP contribution in [0, 0.1) is 40.4 Å². The molecule has 0 amide bonds. The van der Waals surface area contributed by atoms with Crippen LogP contribution in [-0.4, -0.2) is 75.9 Å². The minimum Gasteiger partial charge on any atom is -0.457 e. The molecule has 4 aliphatic carbocycles. The molecule has 1 saturated heterocycles. The molecule has 12 unspecified atom stereocenters. The first-order chi connectivity index (χ1) is 19.8. The van der Waals surface area contributed by atoms with E-state index in [9.17, 15) is 25.2 Å². The second-order valence-corrected chi connectivity index (χ2v) is 15.4. The number of hydrogen-bond acceptors (Lipinski definition) is 8. The van der Waals surface area contributed by atoms with Gasteiger partial charge in [0, 0.05) is 12.3 Å². The van der Waals surface area contributed by atoms with Crippen molar-refractivity contribution < 1.29 is 39.4 Å². The lowest BCUT2D eigenvalue weighted by Gasteiger charge is -2.59. The highest BCUT2D eigenvalue weighted by atomic mass is 16.7. The number of fused-ring (bicyclic) bond motifs is 5. The maximum absolute atomic E-state index is 11.5. The van der Waals surface area contributed by atoms with E-state index < -0.39 is 36.2 Å². The highest BCUT2D eigenvalue weighted by molar-refractivity contribution is 5.66. The van der Waals surface area contributed by atoms with Gasteiger partial charge in [0.2, 0.25) is 0 Å². The Morgan fingerprint density at radius 1 is 1.17 bits per heavy atom. The summed E-state index contributed by atoms with van der Waals surface area (Å²) in [6.07, 6.45) is 9.22. The van der Waals surface area contributed by atoms with Crippen LogP contribution >= 0.6 is 0 Å². The van der Waals surface area contributed by atoms with Gasteiger partial charge in [0.1, 0.15) is 12.2 Å². The minimum absolute atomic E-state index is 0.0708. The predicted octanol–water partition coefficient (Wildman–Crippen LogP) is 4.51. The summed E-state index contributed by atoms with van der Waals surface area (Å²) in [6.45, 7) is 10.2. The Kier molecular flexibility index (Phi) is 9.55. The van der Waals surface area contributed by atoms with Gasteiger partial charge in [0.05, 0.1) is 24.9 Å². The van der Waals surface area contributed by atoms with Crippen molar-refractivity contribution in [2.75, 3.05) is 13.2 Å². The molecule has 42 heavy (non-hydrogen) atoms. The Labute approximate surface area is 252 Å². The highest BCUT2D eigenvalue weighted by Crippen LogP contribution is 2.67. The molecule has 8 heteroatoms. The van der Waals surface area contributed by atoms with Gasteiger partial charge in [-0.05, 0) is 107 Å². The second kappa shape index (κ2) is 12.4. The summed E-state index contributed by atoms with van der Waals surface area (Å²) in [4.78, 5) is 11.5. The lowest BCUT2D eigenvalue weighted by atomic mass is 9.46. The smallest absolute Gasteiger partial charge is 0.303 e. The number of carbonyl (C=O) groups excluding carboxylic acids is 1. The molecule has 0 radical (unpaired) electrons. The zero-order valence-electron chi connectivity index (χ0n) is 26.5. The van der Waals surface area contributed by atoms with Crippen molar-refractivity contribution in [1.82, 2.24) is 0 Å². The summed E-state index contributed by atoms with van der Waals surface area (Å²) >= 11 is 0. The molecule has 0 aromatic carbocycles. The molecule has 0 aromatic heterocycles. The van der Waals surface area contributed by atoms with Gasteiger partial charge in [-0.15, -0.1) is 0 Å². The third kappa shape index (κ3) is 6.10. The zero-order chi connectivity index (χ0) is 30.4. The summed E-state index contributed by atoms with van der Waals surface area (Å²) in [5, 5.41) is 42.1. The maximum atomic E-state index is 11.5. The summed E-state index contributed by atoms with van der Waals surface area (Å²) in [7, 11) is 0. The van der Waals surface area contributed by atoms with Crippen LogP contribution in [0.1, 0.15) is 105 Å². The Morgan fingerprint density at radius 2 is 1.93 bits per heavy atom. The third-order valence-corrected chi connectivity index (χ3v) is 12.3. The Bertz CT molecular complexity index is 991. The molecule has 0 aromatic rings. The molecule has 5 rings (SSSR count). The number of aliphatic hydroxyl groups is 4. The van der Waals surface area contributed by atoms with Crippen LogP contribution in [-0.2, 0) is 19.0 Å². The maximum Gasteiger partial charge on any atom is 0.303 e. The Balaban J connectivity index is 1.25.